The molecule has 168 valence electrons. The molecule has 5 rings (SSSR count). The maximum atomic E-state index is 12.6. The molecule has 3 aromatic heterocycles. The second kappa shape index (κ2) is 9.91. The lowest BCUT2D eigenvalue weighted by atomic mass is 10.1. The van der Waals surface area contributed by atoms with Gasteiger partial charge >= 0.3 is 0 Å². The molecule has 8 heteroatoms. The normalized spacial score (nSPS) is 10.8. The van der Waals surface area contributed by atoms with Crippen LogP contribution in [0.25, 0.3) is 10.1 Å². The zero-order valence-electron chi connectivity index (χ0n) is 18.2. The number of benzene rings is 2. The Bertz CT molecular complexity index is 1460. The van der Waals surface area contributed by atoms with Crippen molar-refractivity contribution in [3.8, 4) is 6.07 Å². The average Bonchev–Trinajstić information content (AvgIpc) is 3.62. The van der Waals surface area contributed by atoms with E-state index in [9.17, 15) is 4.79 Å². The first kappa shape index (κ1) is 21.9. The predicted octanol–water partition coefficient (Wildman–Crippen LogP) is 5.62. The molecule has 6 nitrogen and oxygen atoms in total. The van der Waals surface area contributed by atoms with Crippen molar-refractivity contribution in [2.45, 2.75) is 19.6 Å². The standard InChI is InChI=1S/C26H21N5OS2/c27-12-18-3-5-19(6-4-18)16-31-17-28-13-22(31)14-29-21-7-8-24-20(10-21)11-25(34-24)26(32)30-15-23-2-1-9-33-23/h1-11,13,17,29H,14-16H2,(H,30,32). The molecule has 0 unspecified atom stereocenters. The predicted molar refractivity (Wildman–Crippen MR) is 137 cm³/mol. The third kappa shape index (κ3) is 5.01. The molecular formula is C26H21N5OS2. The maximum absolute atomic E-state index is 12.6. The Morgan fingerprint density at radius 3 is 2.76 bits per heavy atom. The van der Waals surface area contributed by atoms with Gasteiger partial charge in [-0.15, -0.1) is 22.7 Å². The number of carbonyl (C=O) groups is 1. The number of hydrogen-bond acceptors (Lipinski definition) is 6. The van der Waals surface area contributed by atoms with Crippen LogP contribution in [0.1, 0.15) is 31.4 Å². The summed E-state index contributed by atoms with van der Waals surface area (Å²) in [6, 6.07) is 21.8. The van der Waals surface area contributed by atoms with Crippen molar-refractivity contribution in [1.29, 1.82) is 5.26 Å². The van der Waals surface area contributed by atoms with Gasteiger partial charge in [-0.05, 0) is 58.8 Å². The number of imidazole rings is 1. The Hall–Kier alpha value is -3.93. The van der Waals surface area contributed by atoms with E-state index in [0.29, 0.717) is 30.1 Å². The van der Waals surface area contributed by atoms with Crippen LogP contribution in [-0.4, -0.2) is 15.5 Å². The summed E-state index contributed by atoms with van der Waals surface area (Å²) in [6.45, 7) is 1.87. The molecule has 2 N–H and O–H groups in total. The van der Waals surface area contributed by atoms with Gasteiger partial charge in [-0.1, -0.05) is 18.2 Å². The summed E-state index contributed by atoms with van der Waals surface area (Å²) >= 11 is 3.14. The number of nitrogens with zero attached hydrogens (tertiary/aromatic N) is 3. The number of aromatic nitrogens is 2. The molecule has 0 aliphatic heterocycles. The lowest BCUT2D eigenvalue weighted by Gasteiger charge is -2.10. The largest absolute Gasteiger partial charge is 0.379 e. The fraction of sp³-hybridized carbons (Fsp3) is 0.115. The summed E-state index contributed by atoms with van der Waals surface area (Å²) in [6.07, 6.45) is 3.67. The van der Waals surface area contributed by atoms with E-state index in [-0.39, 0.29) is 5.91 Å². The summed E-state index contributed by atoms with van der Waals surface area (Å²) in [5.41, 5.74) is 3.82. The number of nitrogens with one attached hydrogen (secondary N) is 2. The van der Waals surface area contributed by atoms with E-state index in [1.54, 1.807) is 11.3 Å². The van der Waals surface area contributed by atoms with Gasteiger partial charge in [0.1, 0.15) is 0 Å². The Balaban J connectivity index is 1.23. The molecule has 3 heterocycles. The summed E-state index contributed by atoms with van der Waals surface area (Å²) in [5, 5.41) is 18.5. The van der Waals surface area contributed by atoms with Crippen molar-refractivity contribution >= 4 is 44.4 Å². The molecule has 2 aromatic carbocycles. The van der Waals surface area contributed by atoms with Gasteiger partial charge in [-0.3, -0.25) is 4.79 Å². The number of thiophene rings is 2. The summed E-state index contributed by atoms with van der Waals surface area (Å²) < 4.78 is 3.17. The van der Waals surface area contributed by atoms with Gasteiger partial charge in [-0.2, -0.15) is 5.26 Å². The van der Waals surface area contributed by atoms with Crippen LogP contribution in [0, 0.1) is 11.3 Å². The number of rotatable bonds is 8. The van der Waals surface area contributed by atoms with Gasteiger partial charge in [0, 0.05) is 28.0 Å². The monoisotopic (exact) mass is 483 g/mol. The van der Waals surface area contributed by atoms with Crippen LogP contribution >= 0.6 is 22.7 Å². The molecule has 34 heavy (non-hydrogen) atoms. The quantitative estimate of drug-likeness (QED) is 0.300. The van der Waals surface area contributed by atoms with Crippen LogP contribution in [-0.2, 0) is 19.6 Å². The van der Waals surface area contributed by atoms with Crippen LogP contribution in [0.3, 0.4) is 0 Å². The van der Waals surface area contributed by atoms with Crippen LogP contribution < -0.4 is 10.6 Å². The molecule has 0 aliphatic carbocycles. The lowest BCUT2D eigenvalue weighted by Crippen LogP contribution is -2.21. The topological polar surface area (TPSA) is 82.7 Å². The lowest BCUT2D eigenvalue weighted by molar-refractivity contribution is 0.0955. The van der Waals surface area contributed by atoms with Crippen LogP contribution in [0.4, 0.5) is 5.69 Å². The van der Waals surface area contributed by atoms with Crippen LogP contribution in [0.15, 0.2) is 78.6 Å². The first-order valence-corrected chi connectivity index (χ1v) is 12.4. The van der Waals surface area contributed by atoms with E-state index in [0.717, 1.165) is 31.9 Å². The Labute approximate surface area is 205 Å². The second-order valence-corrected chi connectivity index (χ2v) is 9.92. The SMILES string of the molecule is N#Cc1ccc(Cn2cncc2CNc2ccc3sc(C(=O)NCc4cccs4)cc3c2)cc1. The molecule has 0 bridgehead atoms. The van der Waals surface area contributed by atoms with Crippen LogP contribution in [0.2, 0.25) is 0 Å². The number of hydrogen-bond donors (Lipinski definition) is 2. The molecular weight excluding hydrogens is 462 g/mol. The minimum Gasteiger partial charge on any atom is -0.379 e. The summed E-state index contributed by atoms with van der Waals surface area (Å²) in [5.74, 6) is -0.0455. The molecule has 1 amide bonds. The molecule has 0 spiro atoms. The molecule has 0 fully saturated rings. The zero-order chi connectivity index (χ0) is 23.3. The first-order valence-electron chi connectivity index (χ1n) is 10.7. The molecule has 0 saturated heterocycles. The van der Waals surface area contributed by atoms with Gasteiger partial charge in [-0.25, -0.2) is 4.98 Å². The van der Waals surface area contributed by atoms with Crippen molar-refractivity contribution in [2.75, 3.05) is 5.32 Å². The molecule has 0 aliphatic rings. The highest BCUT2D eigenvalue weighted by molar-refractivity contribution is 7.20. The smallest absolute Gasteiger partial charge is 0.261 e. The Morgan fingerprint density at radius 1 is 1.09 bits per heavy atom. The van der Waals surface area contributed by atoms with Crippen molar-refractivity contribution in [1.82, 2.24) is 14.9 Å². The van der Waals surface area contributed by atoms with Crippen LogP contribution in [0.5, 0.6) is 0 Å². The summed E-state index contributed by atoms with van der Waals surface area (Å²) in [4.78, 5) is 18.7. The third-order valence-electron chi connectivity index (χ3n) is 5.45. The highest BCUT2D eigenvalue weighted by atomic mass is 32.1. The number of fused-ring (bicyclic) bond motifs is 1. The Morgan fingerprint density at radius 2 is 1.97 bits per heavy atom. The van der Waals surface area contributed by atoms with Gasteiger partial charge in [0.25, 0.3) is 5.91 Å². The molecule has 0 atom stereocenters. The van der Waals surface area contributed by atoms with E-state index in [2.05, 4.69) is 32.3 Å². The number of amides is 1. The van der Waals surface area contributed by atoms with E-state index in [4.69, 9.17) is 5.26 Å². The van der Waals surface area contributed by atoms with Gasteiger partial charge in [0.2, 0.25) is 0 Å². The number of anilines is 1. The highest BCUT2D eigenvalue weighted by Gasteiger charge is 2.11. The highest BCUT2D eigenvalue weighted by Crippen LogP contribution is 2.28. The van der Waals surface area contributed by atoms with Gasteiger partial charge in [0.05, 0.1) is 41.6 Å². The molecule has 0 radical (unpaired) electrons. The summed E-state index contributed by atoms with van der Waals surface area (Å²) in [7, 11) is 0. The third-order valence-corrected chi connectivity index (χ3v) is 7.44. The molecule has 5 aromatic rings. The number of carbonyl (C=O) groups excluding carboxylic acids is 1. The van der Waals surface area contributed by atoms with Gasteiger partial charge < -0.3 is 15.2 Å². The first-order chi connectivity index (χ1) is 16.7. The average molecular weight is 484 g/mol. The van der Waals surface area contributed by atoms with E-state index in [1.807, 2.05) is 72.5 Å². The minimum absolute atomic E-state index is 0.0455. The van der Waals surface area contributed by atoms with Gasteiger partial charge in [0.15, 0.2) is 0 Å². The van der Waals surface area contributed by atoms with E-state index < -0.39 is 0 Å². The Kier molecular flexibility index (Phi) is 6.38. The van der Waals surface area contributed by atoms with Crippen molar-refractivity contribution in [3.05, 3.63) is 105 Å². The second-order valence-electron chi connectivity index (χ2n) is 7.80. The van der Waals surface area contributed by atoms with E-state index >= 15 is 0 Å². The van der Waals surface area contributed by atoms with E-state index in [1.165, 1.54) is 11.3 Å². The van der Waals surface area contributed by atoms with Crippen molar-refractivity contribution in [3.63, 3.8) is 0 Å². The maximum Gasteiger partial charge on any atom is 0.261 e. The fourth-order valence-corrected chi connectivity index (χ4v) is 5.25. The molecule has 0 saturated carbocycles. The fourth-order valence-electron chi connectivity index (χ4n) is 3.64. The number of nitriles is 1. The van der Waals surface area contributed by atoms with Crippen molar-refractivity contribution in [2.24, 2.45) is 0 Å². The minimum atomic E-state index is -0.0455. The van der Waals surface area contributed by atoms with Crippen molar-refractivity contribution < 1.29 is 4.79 Å². The zero-order valence-corrected chi connectivity index (χ0v) is 19.8.